The van der Waals surface area contributed by atoms with Gasteiger partial charge in [0.1, 0.15) is 6.10 Å². The molecule has 6 atom stereocenters. The van der Waals surface area contributed by atoms with Crippen LogP contribution in [0.3, 0.4) is 0 Å². The molecule has 29 heavy (non-hydrogen) atoms. The van der Waals surface area contributed by atoms with Crippen LogP contribution >= 0.6 is 31.9 Å². The van der Waals surface area contributed by atoms with Crippen molar-refractivity contribution in [2.45, 2.75) is 54.3 Å². The van der Waals surface area contributed by atoms with Crippen molar-refractivity contribution in [3.05, 3.63) is 29.8 Å². The number of ether oxygens (including phenoxy) is 1. The molecule has 2 bridgehead atoms. The smallest absolute Gasteiger partial charge is 0.338 e. The molecular formula is C22H23Br2NO4. The zero-order chi connectivity index (χ0) is 20.3. The van der Waals surface area contributed by atoms with Crippen LogP contribution in [0.4, 0.5) is 5.69 Å². The molecule has 1 aromatic carbocycles. The Hall–Kier alpha value is -1.21. The fourth-order valence-electron chi connectivity index (χ4n) is 5.78. The van der Waals surface area contributed by atoms with Gasteiger partial charge in [-0.05, 0) is 62.1 Å². The van der Waals surface area contributed by atoms with E-state index in [-0.39, 0.29) is 57.2 Å². The van der Waals surface area contributed by atoms with Gasteiger partial charge in [-0.2, -0.15) is 0 Å². The van der Waals surface area contributed by atoms with E-state index in [1.165, 1.54) is 11.3 Å². The predicted octanol–water partition coefficient (Wildman–Crippen LogP) is 4.46. The molecule has 2 amide bonds. The summed E-state index contributed by atoms with van der Waals surface area (Å²) in [6.45, 7) is 0. The van der Waals surface area contributed by atoms with Gasteiger partial charge < -0.3 is 4.74 Å². The van der Waals surface area contributed by atoms with E-state index in [4.69, 9.17) is 4.74 Å². The molecule has 0 N–H and O–H groups in total. The first-order chi connectivity index (χ1) is 14.0. The SMILES string of the molecule is O=C(OC1CCCCC1)c1cccc(N2C(=O)[C@@H]3[C@H]4C[C@@H]([C@H](Br)[C@H]4Br)[C@H]3C2=O)c1. The van der Waals surface area contributed by atoms with Gasteiger partial charge >= 0.3 is 5.97 Å². The monoisotopic (exact) mass is 523 g/mol. The third-order valence-corrected chi connectivity index (χ3v) is 10.4. The standard InChI is InChI=1S/C22H23Br2NO4/c23-18-14-10-15(19(18)24)17-16(14)20(26)25(21(17)27)12-6-4-5-11(9-12)22(28)29-13-7-2-1-3-8-13/h4-6,9,13-19H,1-3,7-8,10H2/t14-,15-,16-,17-,18+,19+/m1/s1. The molecule has 4 fully saturated rings. The molecule has 1 heterocycles. The van der Waals surface area contributed by atoms with Crippen LogP contribution in [0.25, 0.3) is 0 Å². The highest BCUT2D eigenvalue weighted by molar-refractivity contribution is 9.12. The van der Waals surface area contributed by atoms with Crippen LogP contribution in [0.1, 0.15) is 48.9 Å². The summed E-state index contributed by atoms with van der Waals surface area (Å²) in [4.78, 5) is 40.7. The Morgan fingerprint density at radius 1 is 0.966 bits per heavy atom. The molecule has 0 aromatic heterocycles. The van der Waals surface area contributed by atoms with Crippen LogP contribution in [0.5, 0.6) is 0 Å². The van der Waals surface area contributed by atoms with Crippen LogP contribution in [-0.2, 0) is 14.3 Å². The van der Waals surface area contributed by atoms with Gasteiger partial charge in [0.15, 0.2) is 0 Å². The lowest BCUT2D eigenvalue weighted by molar-refractivity contribution is -0.123. The van der Waals surface area contributed by atoms with Gasteiger partial charge in [-0.25, -0.2) is 4.79 Å². The van der Waals surface area contributed by atoms with E-state index < -0.39 is 0 Å². The Bertz CT molecular complexity index is 836. The second-order valence-corrected chi connectivity index (χ2v) is 10.8. The van der Waals surface area contributed by atoms with E-state index in [1.807, 2.05) is 0 Å². The second kappa shape index (κ2) is 7.49. The first-order valence-corrected chi connectivity index (χ1v) is 12.3. The number of carbonyl (C=O) groups excluding carboxylic acids is 3. The Labute approximate surface area is 186 Å². The topological polar surface area (TPSA) is 63.7 Å². The van der Waals surface area contributed by atoms with Crippen molar-refractivity contribution in [1.82, 2.24) is 0 Å². The first kappa shape index (κ1) is 19.7. The molecule has 1 aliphatic heterocycles. The maximum atomic E-state index is 13.2. The largest absolute Gasteiger partial charge is 0.459 e. The molecule has 1 saturated heterocycles. The molecule has 3 saturated carbocycles. The average molecular weight is 525 g/mol. The summed E-state index contributed by atoms with van der Waals surface area (Å²) < 4.78 is 5.66. The minimum Gasteiger partial charge on any atom is -0.459 e. The maximum absolute atomic E-state index is 13.2. The fourth-order valence-corrected chi connectivity index (χ4v) is 7.65. The highest BCUT2D eigenvalue weighted by atomic mass is 79.9. The number of nitrogens with zero attached hydrogens (tertiary/aromatic N) is 1. The van der Waals surface area contributed by atoms with E-state index in [0.717, 1.165) is 32.1 Å². The molecule has 0 spiro atoms. The highest BCUT2D eigenvalue weighted by Crippen LogP contribution is 2.60. The summed E-state index contributed by atoms with van der Waals surface area (Å²) in [5.41, 5.74) is 0.870. The summed E-state index contributed by atoms with van der Waals surface area (Å²) in [7, 11) is 0. The number of rotatable bonds is 3. The number of fused-ring (bicyclic) bond motifs is 5. The van der Waals surface area contributed by atoms with Gasteiger partial charge in [-0.15, -0.1) is 0 Å². The molecule has 4 aliphatic rings. The summed E-state index contributed by atoms with van der Waals surface area (Å²) >= 11 is 7.42. The van der Waals surface area contributed by atoms with E-state index in [1.54, 1.807) is 24.3 Å². The number of hydrogen-bond donors (Lipinski definition) is 0. The zero-order valence-electron chi connectivity index (χ0n) is 15.9. The van der Waals surface area contributed by atoms with Gasteiger partial charge in [-0.3, -0.25) is 14.5 Å². The highest BCUT2D eigenvalue weighted by Gasteiger charge is 2.66. The number of imide groups is 1. The van der Waals surface area contributed by atoms with E-state index >= 15 is 0 Å². The Kier molecular flexibility index (Phi) is 5.09. The van der Waals surface area contributed by atoms with Crippen molar-refractivity contribution in [2.24, 2.45) is 23.7 Å². The van der Waals surface area contributed by atoms with Crippen molar-refractivity contribution in [2.75, 3.05) is 4.90 Å². The normalized spacial score (nSPS) is 36.6. The van der Waals surface area contributed by atoms with Gasteiger partial charge in [-0.1, -0.05) is 44.3 Å². The molecule has 0 unspecified atom stereocenters. The number of halogens is 2. The predicted molar refractivity (Wildman–Crippen MR) is 115 cm³/mol. The van der Waals surface area contributed by atoms with Crippen molar-refractivity contribution < 1.29 is 19.1 Å². The number of amides is 2. The Balaban J connectivity index is 1.38. The average Bonchev–Trinajstić information content (AvgIpc) is 3.33. The van der Waals surface area contributed by atoms with Crippen molar-refractivity contribution in [3.63, 3.8) is 0 Å². The summed E-state index contributed by atoms with van der Waals surface area (Å²) in [5, 5.41) is 0. The molecule has 1 aromatic rings. The van der Waals surface area contributed by atoms with Gasteiger partial charge in [0, 0.05) is 9.65 Å². The molecule has 154 valence electrons. The number of benzene rings is 1. The van der Waals surface area contributed by atoms with E-state index in [0.29, 0.717) is 11.3 Å². The van der Waals surface area contributed by atoms with Crippen molar-refractivity contribution in [1.29, 1.82) is 0 Å². The molecular weight excluding hydrogens is 502 g/mol. The van der Waals surface area contributed by atoms with Gasteiger partial charge in [0.25, 0.3) is 0 Å². The fraction of sp³-hybridized carbons (Fsp3) is 0.591. The second-order valence-electron chi connectivity index (χ2n) is 8.73. The first-order valence-electron chi connectivity index (χ1n) is 10.4. The van der Waals surface area contributed by atoms with Crippen LogP contribution in [0.2, 0.25) is 0 Å². The maximum Gasteiger partial charge on any atom is 0.338 e. The molecule has 3 aliphatic carbocycles. The summed E-state index contributed by atoms with van der Waals surface area (Å²) in [5.74, 6) is -0.806. The lowest BCUT2D eigenvalue weighted by atomic mass is 9.81. The quantitative estimate of drug-likeness (QED) is 0.333. The molecule has 5 nitrogen and oxygen atoms in total. The summed E-state index contributed by atoms with van der Waals surface area (Å²) in [6, 6.07) is 6.76. The number of carbonyl (C=O) groups is 3. The van der Waals surface area contributed by atoms with Crippen LogP contribution in [-0.4, -0.2) is 33.5 Å². The minimum absolute atomic E-state index is 0.0309. The van der Waals surface area contributed by atoms with Crippen LogP contribution in [0, 0.1) is 23.7 Å². The van der Waals surface area contributed by atoms with Crippen LogP contribution in [0.15, 0.2) is 24.3 Å². The molecule has 7 heteroatoms. The van der Waals surface area contributed by atoms with E-state index in [2.05, 4.69) is 31.9 Å². The molecule has 0 radical (unpaired) electrons. The third-order valence-electron chi connectivity index (χ3n) is 7.15. The van der Waals surface area contributed by atoms with E-state index in [9.17, 15) is 14.4 Å². The van der Waals surface area contributed by atoms with Gasteiger partial charge in [0.2, 0.25) is 11.8 Å². The lowest BCUT2D eigenvalue weighted by Crippen LogP contribution is -2.37. The van der Waals surface area contributed by atoms with Crippen LogP contribution < -0.4 is 4.90 Å². The number of anilines is 1. The Morgan fingerprint density at radius 3 is 2.21 bits per heavy atom. The number of hydrogen-bond acceptors (Lipinski definition) is 4. The zero-order valence-corrected chi connectivity index (χ0v) is 19.1. The summed E-state index contributed by atoms with van der Waals surface area (Å²) in [6.07, 6.45) is 6.05. The molecule has 5 rings (SSSR count). The van der Waals surface area contributed by atoms with Crippen molar-refractivity contribution in [3.8, 4) is 0 Å². The number of alkyl halides is 2. The van der Waals surface area contributed by atoms with Crippen molar-refractivity contribution >= 4 is 55.3 Å². The third kappa shape index (κ3) is 3.11. The number of esters is 1. The lowest BCUT2D eigenvalue weighted by Gasteiger charge is -2.28. The minimum atomic E-state index is -0.376. The Morgan fingerprint density at radius 2 is 1.59 bits per heavy atom. The van der Waals surface area contributed by atoms with Gasteiger partial charge in [0.05, 0.1) is 23.1 Å².